The molecule has 1 rings (SSSR count). The topological polar surface area (TPSA) is 49.4 Å². The van der Waals surface area contributed by atoms with E-state index in [1.807, 2.05) is 18.7 Å². The normalized spacial score (nSPS) is 22.7. The Balaban J connectivity index is 2.40. The number of piperidine rings is 1. The second kappa shape index (κ2) is 5.85. The minimum Gasteiger partial charge on any atom is -0.353 e. The number of hydrogen-bond acceptors (Lipinski definition) is 3. The molecule has 1 heterocycles. The van der Waals surface area contributed by atoms with Gasteiger partial charge in [-0.2, -0.15) is 0 Å². The van der Waals surface area contributed by atoms with Gasteiger partial charge in [0.2, 0.25) is 5.91 Å². The zero-order valence-corrected chi connectivity index (χ0v) is 9.53. The highest BCUT2D eigenvalue weighted by Gasteiger charge is 2.23. The van der Waals surface area contributed by atoms with Crippen LogP contribution in [0.15, 0.2) is 0 Å². The third-order valence-corrected chi connectivity index (χ3v) is 2.62. The van der Waals surface area contributed by atoms with Crippen molar-refractivity contribution in [1.82, 2.24) is 10.2 Å². The summed E-state index contributed by atoms with van der Waals surface area (Å²) in [5.74, 6) is 0.0127. The number of nitrogens with zero attached hydrogens (tertiary/aromatic N) is 1. The quantitative estimate of drug-likeness (QED) is 0.693. The highest BCUT2D eigenvalue weighted by Crippen LogP contribution is 2.14. The summed E-state index contributed by atoms with van der Waals surface area (Å²) in [4.78, 5) is 24.3. The molecule has 1 amide bonds. The first kappa shape index (κ1) is 12.2. The number of carbonyl (C=O) groups excluding carboxylic acids is 2. The number of nitrogens with one attached hydrogen (secondary N) is 1. The van der Waals surface area contributed by atoms with Crippen LogP contribution in [-0.2, 0) is 9.59 Å². The molecule has 1 aliphatic heterocycles. The van der Waals surface area contributed by atoms with Gasteiger partial charge >= 0.3 is 0 Å². The Morgan fingerprint density at radius 2 is 2.27 bits per heavy atom. The van der Waals surface area contributed by atoms with Gasteiger partial charge in [-0.1, -0.05) is 6.42 Å². The molecule has 0 saturated carbocycles. The maximum atomic E-state index is 11.5. The predicted molar refractivity (Wildman–Crippen MR) is 58.6 cm³/mol. The SMILES string of the molecule is CC(C)NC(=O)CN1CCCCC1C=O. The Hall–Kier alpha value is -0.900. The molecule has 0 bridgehead atoms. The summed E-state index contributed by atoms with van der Waals surface area (Å²) in [5.41, 5.74) is 0. The number of carbonyl (C=O) groups is 2. The average Bonchev–Trinajstić information content (AvgIpc) is 2.17. The molecule has 1 unspecified atom stereocenters. The van der Waals surface area contributed by atoms with Crippen LogP contribution >= 0.6 is 0 Å². The monoisotopic (exact) mass is 212 g/mol. The molecule has 4 nitrogen and oxygen atoms in total. The molecule has 0 aliphatic carbocycles. The first-order valence-corrected chi connectivity index (χ1v) is 5.62. The molecular formula is C11H20N2O2. The van der Waals surface area contributed by atoms with E-state index >= 15 is 0 Å². The first-order chi connectivity index (χ1) is 7.13. The van der Waals surface area contributed by atoms with Crippen molar-refractivity contribution in [2.75, 3.05) is 13.1 Å². The standard InChI is InChI=1S/C11H20N2O2/c1-9(2)12-11(15)7-13-6-4-3-5-10(13)8-14/h8-10H,3-7H2,1-2H3,(H,12,15). The van der Waals surface area contributed by atoms with Gasteiger partial charge in [-0.15, -0.1) is 0 Å². The van der Waals surface area contributed by atoms with Gasteiger partial charge in [0.15, 0.2) is 0 Å². The third-order valence-electron chi connectivity index (χ3n) is 2.62. The second-order valence-electron chi connectivity index (χ2n) is 4.39. The molecule has 4 heteroatoms. The van der Waals surface area contributed by atoms with Gasteiger partial charge < -0.3 is 10.1 Å². The number of amides is 1. The van der Waals surface area contributed by atoms with E-state index in [1.54, 1.807) is 0 Å². The Morgan fingerprint density at radius 1 is 1.53 bits per heavy atom. The van der Waals surface area contributed by atoms with Gasteiger partial charge in [-0.3, -0.25) is 9.69 Å². The molecule has 0 radical (unpaired) electrons. The lowest BCUT2D eigenvalue weighted by Gasteiger charge is -2.31. The largest absolute Gasteiger partial charge is 0.353 e. The van der Waals surface area contributed by atoms with E-state index in [1.165, 1.54) is 0 Å². The summed E-state index contributed by atoms with van der Waals surface area (Å²) in [6.45, 7) is 5.08. The van der Waals surface area contributed by atoms with Crippen LogP contribution in [0.5, 0.6) is 0 Å². The molecule has 1 saturated heterocycles. The summed E-state index contributed by atoms with van der Waals surface area (Å²) in [6.07, 6.45) is 4.02. The van der Waals surface area contributed by atoms with Gasteiger partial charge in [-0.25, -0.2) is 0 Å². The van der Waals surface area contributed by atoms with E-state index in [4.69, 9.17) is 0 Å². The number of hydrogen-bond donors (Lipinski definition) is 1. The summed E-state index contributed by atoms with van der Waals surface area (Å²) in [6, 6.07) is 0.105. The average molecular weight is 212 g/mol. The Morgan fingerprint density at radius 3 is 2.87 bits per heavy atom. The second-order valence-corrected chi connectivity index (χ2v) is 4.39. The summed E-state index contributed by atoms with van der Waals surface area (Å²) in [5, 5.41) is 2.84. The van der Waals surface area contributed by atoms with Crippen molar-refractivity contribution < 1.29 is 9.59 Å². The van der Waals surface area contributed by atoms with Gasteiger partial charge in [0.1, 0.15) is 6.29 Å². The van der Waals surface area contributed by atoms with Crippen molar-refractivity contribution in [1.29, 1.82) is 0 Å². The Labute approximate surface area is 91.0 Å². The molecule has 0 aromatic heterocycles. The molecule has 15 heavy (non-hydrogen) atoms. The molecule has 86 valence electrons. The van der Waals surface area contributed by atoms with E-state index in [0.717, 1.165) is 32.1 Å². The Bertz CT molecular complexity index is 229. The number of aldehydes is 1. The molecule has 1 fully saturated rings. The van der Waals surface area contributed by atoms with Gasteiger partial charge in [0, 0.05) is 6.04 Å². The van der Waals surface area contributed by atoms with Crippen molar-refractivity contribution in [3.05, 3.63) is 0 Å². The predicted octanol–water partition coefficient (Wildman–Crippen LogP) is 0.564. The van der Waals surface area contributed by atoms with Crippen LogP contribution in [0, 0.1) is 0 Å². The maximum Gasteiger partial charge on any atom is 0.234 e. The van der Waals surface area contributed by atoms with E-state index < -0.39 is 0 Å². The zero-order valence-electron chi connectivity index (χ0n) is 9.53. The molecule has 0 aromatic carbocycles. The highest BCUT2D eigenvalue weighted by molar-refractivity contribution is 5.78. The lowest BCUT2D eigenvalue weighted by Crippen LogP contribution is -2.47. The lowest BCUT2D eigenvalue weighted by molar-refractivity contribution is -0.124. The number of likely N-dealkylation sites (tertiary alicyclic amines) is 1. The van der Waals surface area contributed by atoms with Crippen LogP contribution in [0.1, 0.15) is 33.1 Å². The smallest absolute Gasteiger partial charge is 0.234 e. The van der Waals surface area contributed by atoms with E-state index in [2.05, 4.69) is 5.32 Å². The molecule has 1 aliphatic rings. The van der Waals surface area contributed by atoms with Crippen molar-refractivity contribution in [2.24, 2.45) is 0 Å². The Kier molecular flexibility index (Phi) is 4.75. The van der Waals surface area contributed by atoms with Crippen molar-refractivity contribution in [3.63, 3.8) is 0 Å². The molecule has 0 spiro atoms. The molecule has 0 aromatic rings. The lowest BCUT2D eigenvalue weighted by atomic mass is 10.0. The minimum absolute atomic E-state index is 0.0127. The summed E-state index contributed by atoms with van der Waals surface area (Å²) in [7, 11) is 0. The van der Waals surface area contributed by atoms with Gasteiger partial charge in [-0.05, 0) is 33.2 Å². The van der Waals surface area contributed by atoms with E-state index in [0.29, 0.717) is 6.54 Å². The van der Waals surface area contributed by atoms with Crippen LogP contribution in [0.4, 0.5) is 0 Å². The molecular weight excluding hydrogens is 192 g/mol. The van der Waals surface area contributed by atoms with Crippen LogP contribution in [0.25, 0.3) is 0 Å². The van der Waals surface area contributed by atoms with Crippen LogP contribution in [0.2, 0.25) is 0 Å². The fourth-order valence-electron chi connectivity index (χ4n) is 1.92. The highest BCUT2D eigenvalue weighted by atomic mass is 16.2. The van der Waals surface area contributed by atoms with E-state index in [9.17, 15) is 9.59 Å². The zero-order chi connectivity index (χ0) is 11.3. The van der Waals surface area contributed by atoms with Crippen molar-refractivity contribution in [2.45, 2.75) is 45.2 Å². The molecule has 1 N–H and O–H groups in total. The summed E-state index contributed by atoms with van der Waals surface area (Å²) < 4.78 is 0. The fraction of sp³-hybridized carbons (Fsp3) is 0.818. The maximum absolute atomic E-state index is 11.5. The summed E-state index contributed by atoms with van der Waals surface area (Å²) >= 11 is 0. The van der Waals surface area contributed by atoms with Gasteiger partial charge in [0.05, 0.1) is 12.6 Å². The van der Waals surface area contributed by atoms with Crippen LogP contribution < -0.4 is 5.32 Å². The van der Waals surface area contributed by atoms with Crippen LogP contribution in [0.3, 0.4) is 0 Å². The van der Waals surface area contributed by atoms with E-state index in [-0.39, 0.29) is 18.0 Å². The van der Waals surface area contributed by atoms with Crippen LogP contribution in [-0.4, -0.2) is 42.3 Å². The third kappa shape index (κ3) is 4.00. The van der Waals surface area contributed by atoms with Gasteiger partial charge in [0.25, 0.3) is 0 Å². The van der Waals surface area contributed by atoms with Crippen molar-refractivity contribution in [3.8, 4) is 0 Å². The minimum atomic E-state index is -0.0586. The molecule has 1 atom stereocenters. The first-order valence-electron chi connectivity index (χ1n) is 5.62. The fourth-order valence-corrected chi connectivity index (χ4v) is 1.92. The van der Waals surface area contributed by atoms with Crippen molar-refractivity contribution >= 4 is 12.2 Å². The number of rotatable bonds is 4.